The van der Waals surface area contributed by atoms with Crippen molar-refractivity contribution in [3.63, 3.8) is 0 Å². The van der Waals surface area contributed by atoms with Crippen molar-refractivity contribution in [3.8, 4) is 0 Å². The summed E-state index contributed by atoms with van der Waals surface area (Å²) in [6.45, 7) is 2.31. The van der Waals surface area contributed by atoms with Crippen molar-refractivity contribution in [3.05, 3.63) is 24.5 Å². The maximum Gasteiger partial charge on any atom is 0.407 e. The molecule has 0 aromatic carbocycles. The lowest BCUT2D eigenvalue weighted by Crippen LogP contribution is -2.36. The molecule has 0 aliphatic carbocycles. The Morgan fingerprint density at radius 3 is 3.06 bits per heavy atom. The molecule has 0 radical (unpaired) electrons. The average molecular weight is 233 g/mol. The number of likely N-dealkylation sites (tertiary alicyclic amines) is 1. The van der Waals surface area contributed by atoms with Gasteiger partial charge in [-0.3, -0.25) is 4.98 Å². The fourth-order valence-electron chi connectivity index (χ4n) is 2.96. The number of hydrogen-bond donors (Lipinski definition) is 1. The number of carbonyl (C=O) groups is 1. The van der Waals surface area contributed by atoms with E-state index in [1.807, 2.05) is 18.3 Å². The standard InChI is InChI=1S/C12H15N3O2/c16-12(17)14-7-9-3-5-15(11(9)8-14)10-2-1-4-13-6-10/h1-2,4,6,9,11H,3,5,7-8H2,(H,16,17)/t9-,11+/m0/s1. The first-order chi connectivity index (χ1) is 8.25. The number of nitrogens with zero attached hydrogens (tertiary/aromatic N) is 3. The second kappa shape index (κ2) is 3.91. The number of fused-ring (bicyclic) bond motifs is 1. The number of aromatic nitrogens is 1. The van der Waals surface area contributed by atoms with Crippen molar-refractivity contribution < 1.29 is 9.90 Å². The molecule has 0 bridgehead atoms. The lowest BCUT2D eigenvalue weighted by Gasteiger charge is -2.25. The van der Waals surface area contributed by atoms with Crippen LogP contribution in [0.15, 0.2) is 24.5 Å². The first-order valence-corrected chi connectivity index (χ1v) is 5.90. The lowest BCUT2D eigenvalue weighted by molar-refractivity contribution is 0.153. The number of anilines is 1. The van der Waals surface area contributed by atoms with Crippen LogP contribution in [0.5, 0.6) is 0 Å². The molecule has 2 atom stereocenters. The molecular weight excluding hydrogens is 218 g/mol. The molecule has 3 rings (SSSR count). The van der Waals surface area contributed by atoms with Gasteiger partial charge in [-0.15, -0.1) is 0 Å². The summed E-state index contributed by atoms with van der Waals surface area (Å²) in [4.78, 5) is 18.9. The normalized spacial score (nSPS) is 27.3. The second-order valence-electron chi connectivity index (χ2n) is 4.71. The fourth-order valence-corrected chi connectivity index (χ4v) is 2.96. The summed E-state index contributed by atoms with van der Waals surface area (Å²) >= 11 is 0. The molecule has 90 valence electrons. The second-order valence-corrected chi connectivity index (χ2v) is 4.71. The van der Waals surface area contributed by atoms with Crippen LogP contribution in [0.2, 0.25) is 0 Å². The molecule has 1 aromatic rings. The molecule has 1 N–H and O–H groups in total. The molecule has 1 aromatic heterocycles. The Morgan fingerprint density at radius 1 is 1.47 bits per heavy atom. The van der Waals surface area contributed by atoms with E-state index >= 15 is 0 Å². The van der Waals surface area contributed by atoms with E-state index in [1.54, 1.807) is 6.20 Å². The van der Waals surface area contributed by atoms with Crippen LogP contribution in [0.4, 0.5) is 10.5 Å². The minimum absolute atomic E-state index is 0.329. The predicted octanol–water partition coefficient (Wildman–Crippen LogP) is 1.27. The van der Waals surface area contributed by atoms with E-state index < -0.39 is 6.09 Å². The van der Waals surface area contributed by atoms with E-state index in [0.717, 1.165) is 18.7 Å². The highest BCUT2D eigenvalue weighted by atomic mass is 16.4. The Kier molecular flexibility index (Phi) is 2.39. The van der Waals surface area contributed by atoms with Gasteiger partial charge in [-0.2, -0.15) is 0 Å². The first-order valence-electron chi connectivity index (χ1n) is 5.90. The molecule has 2 saturated heterocycles. The fraction of sp³-hybridized carbons (Fsp3) is 0.500. The Morgan fingerprint density at radius 2 is 2.35 bits per heavy atom. The van der Waals surface area contributed by atoms with Gasteiger partial charge in [-0.05, 0) is 18.6 Å². The van der Waals surface area contributed by atoms with Crippen LogP contribution in [0.1, 0.15) is 6.42 Å². The molecule has 3 heterocycles. The first kappa shape index (κ1) is 10.4. The minimum Gasteiger partial charge on any atom is -0.465 e. The van der Waals surface area contributed by atoms with Gasteiger partial charge in [-0.1, -0.05) is 0 Å². The molecule has 0 saturated carbocycles. The molecule has 17 heavy (non-hydrogen) atoms. The summed E-state index contributed by atoms with van der Waals surface area (Å²) in [6.07, 6.45) is 3.88. The number of hydrogen-bond acceptors (Lipinski definition) is 3. The van der Waals surface area contributed by atoms with Gasteiger partial charge >= 0.3 is 6.09 Å². The van der Waals surface area contributed by atoms with E-state index in [-0.39, 0.29) is 0 Å². The molecule has 2 aliphatic rings. The molecule has 2 fully saturated rings. The maximum absolute atomic E-state index is 11.0. The van der Waals surface area contributed by atoms with Gasteiger partial charge in [0.25, 0.3) is 0 Å². The Hall–Kier alpha value is -1.78. The van der Waals surface area contributed by atoms with Gasteiger partial charge in [0, 0.05) is 31.7 Å². The number of carboxylic acid groups (broad SMARTS) is 1. The number of rotatable bonds is 1. The van der Waals surface area contributed by atoms with Gasteiger partial charge < -0.3 is 14.9 Å². The van der Waals surface area contributed by atoms with Crippen LogP contribution in [0.25, 0.3) is 0 Å². The van der Waals surface area contributed by atoms with Crippen LogP contribution in [0.3, 0.4) is 0 Å². The van der Waals surface area contributed by atoms with Gasteiger partial charge in [-0.25, -0.2) is 4.79 Å². The van der Waals surface area contributed by atoms with E-state index in [1.165, 1.54) is 4.90 Å². The summed E-state index contributed by atoms with van der Waals surface area (Å²) in [5, 5.41) is 9.02. The Bertz CT molecular complexity index is 423. The van der Waals surface area contributed by atoms with E-state index in [2.05, 4.69) is 9.88 Å². The molecule has 2 aliphatic heterocycles. The van der Waals surface area contributed by atoms with Gasteiger partial charge in [0.05, 0.1) is 17.9 Å². The molecule has 5 nitrogen and oxygen atoms in total. The van der Waals surface area contributed by atoms with Gasteiger partial charge in [0.15, 0.2) is 0 Å². The smallest absolute Gasteiger partial charge is 0.407 e. The summed E-state index contributed by atoms with van der Waals surface area (Å²) in [7, 11) is 0. The van der Waals surface area contributed by atoms with Crippen molar-refractivity contribution in [1.82, 2.24) is 9.88 Å². The third-order valence-corrected chi connectivity index (χ3v) is 3.80. The summed E-state index contributed by atoms with van der Waals surface area (Å²) < 4.78 is 0. The Labute approximate surface area is 99.7 Å². The highest BCUT2D eigenvalue weighted by Gasteiger charge is 2.42. The third kappa shape index (κ3) is 1.71. The third-order valence-electron chi connectivity index (χ3n) is 3.80. The van der Waals surface area contributed by atoms with Crippen LogP contribution in [-0.4, -0.2) is 46.8 Å². The molecule has 1 amide bonds. The van der Waals surface area contributed by atoms with Crippen LogP contribution in [0, 0.1) is 5.92 Å². The molecule has 5 heteroatoms. The zero-order valence-electron chi connectivity index (χ0n) is 9.49. The summed E-state index contributed by atoms with van der Waals surface area (Å²) in [5.74, 6) is 0.478. The van der Waals surface area contributed by atoms with Crippen molar-refractivity contribution in [2.45, 2.75) is 12.5 Å². The highest BCUT2D eigenvalue weighted by Crippen LogP contribution is 2.34. The van der Waals surface area contributed by atoms with Crippen LogP contribution < -0.4 is 4.90 Å². The van der Waals surface area contributed by atoms with E-state index in [0.29, 0.717) is 25.0 Å². The quantitative estimate of drug-likeness (QED) is 0.793. The summed E-state index contributed by atoms with van der Waals surface area (Å²) in [6, 6.07) is 4.29. The van der Waals surface area contributed by atoms with E-state index in [4.69, 9.17) is 5.11 Å². The van der Waals surface area contributed by atoms with Crippen molar-refractivity contribution in [2.75, 3.05) is 24.5 Å². The topological polar surface area (TPSA) is 56.7 Å². The average Bonchev–Trinajstić information content (AvgIpc) is 2.89. The number of pyridine rings is 1. The van der Waals surface area contributed by atoms with E-state index in [9.17, 15) is 4.79 Å². The monoisotopic (exact) mass is 233 g/mol. The molecule has 0 spiro atoms. The molecule has 0 unspecified atom stereocenters. The largest absolute Gasteiger partial charge is 0.465 e. The van der Waals surface area contributed by atoms with Crippen LogP contribution >= 0.6 is 0 Å². The lowest BCUT2D eigenvalue weighted by atomic mass is 10.1. The highest BCUT2D eigenvalue weighted by molar-refractivity contribution is 5.66. The van der Waals surface area contributed by atoms with Crippen molar-refractivity contribution in [1.29, 1.82) is 0 Å². The van der Waals surface area contributed by atoms with Gasteiger partial charge in [0.2, 0.25) is 0 Å². The minimum atomic E-state index is -0.800. The predicted molar refractivity (Wildman–Crippen MR) is 63.1 cm³/mol. The Balaban J connectivity index is 1.79. The zero-order chi connectivity index (χ0) is 11.8. The van der Waals surface area contributed by atoms with Crippen molar-refractivity contribution in [2.24, 2.45) is 5.92 Å². The van der Waals surface area contributed by atoms with Crippen LogP contribution in [-0.2, 0) is 0 Å². The van der Waals surface area contributed by atoms with Gasteiger partial charge in [0.1, 0.15) is 0 Å². The zero-order valence-corrected chi connectivity index (χ0v) is 9.49. The molecular formula is C12H15N3O2. The number of amides is 1. The van der Waals surface area contributed by atoms with Crippen molar-refractivity contribution >= 4 is 11.8 Å². The summed E-state index contributed by atoms with van der Waals surface area (Å²) in [5.41, 5.74) is 1.10. The maximum atomic E-state index is 11.0. The SMILES string of the molecule is O=C(O)N1C[C@@H]2CCN(c3cccnc3)[C@@H]2C1.